The Morgan fingerprint density at radius 3 is 2.66 bits per heavy atom. The maximum absolute atomic E-state index is 13.2. The summed E-state index contributed by atoms with van der Waals surface area (Å²) in [7, 11) is 1.83. The van der Waals surface area contributed by atoms with Crippen molar-refractivity contribution in [1.82, 2.24) is 19.4 Å². The van der Waals surface area contributed by atoms with Gasteiger partial charge in [0.05, 0.1) is 0 Å². The number of amides is 1. The largest absolute Gasteiger partial charge is 0.484 e. The van der Waals surface area contributed by atoms with E-state index >= 15 is 0 Å². The van der Waals surface area contributed by atoms with Gasteiger partial charge in [-0.05, 0) is 24.5 Å². The van der Waals surface area contributed by atoms with Crippen LogP contribution in [0.5, 0.6) is 5.75 Å². The van der Waals surface area contributed by atoms with E-state index in [2.05, 4.69) is 28.1 Å². The van der Waals surface area contributed by atoms with Crippen molar-refractivity contribution in [3.8, 4) is 5.75 Å². The molecule has 1 fully saturated rings. The van der Waals surface area contributed by atoms with E-state index in [4.69, 9.17) is 4.74 Å². The maximum atomic E-state index is 13.2. The third-order valence-electron chi connectivity index (χ3n) is 7.06. The molecule has 0 spiro atoms. The molecule has 182 valence electrons. The van der Waals surface area contributed by atoms with Crippen LogP contribution in [-0.2, 0) is 18.4 Å². The first-order chi connectivity index (χ1) is 17.1. The molecule has 1 aromatic heterocycles. The van der Waals surface area contributed by atoms with E-state index in [0.717, 1.165) is 36.3 Å². The van der Waals surface area contributed by atoms with Crippen molar-refractivity contribution in [1.29, 1.82) is 0 Å². The van der Waals surface area contributed by atoms with E-state index in [1.165, 1.54) is 0 Å². The molecule has 7 nitrogen and oxygen atoms in total. The fourth-order valence-electron chi connectivity index (χ4n) is 5.11. The van der Waals surface area contributed by atoms with Gasteiger partial charge in [0, 0.05) is 70.1 Å². The Hall–Kier alpha value is -3.45. The Morgan fingerprint density at radius 1 is 1.06 bits per heavy atom. The van der Waals surface area contributed by atoms with E-state index in [1.807, 2.05) is 48.3 Å². The molecule has 3 aromatic rings. The van der Waals surface area contributed by atoms with E-state index in [1.54, 1.807) is 17.0 Å². The van der Waals surface area contributed by atoms with Crippen LogP contribution < -0.4 is 4.74 Å². The number of carbonyl (C=O) groups excluding carboxylic acids is 2. The molecule has 7 heteroatoms. The summed E-state index contributed by atoms with van der Waals surface area (Å²) in [6, 6.07) is 18.4. The van der Waals surface area contributed by atoms with Crippen molar-refractivity contribution in [3.63, 3.8) is 0 Å². The molecule has 1 saturated heterocycles. The average Bonchev–Trinajstić information content (AvgIpc) is 3.23. The van der Waals surface area contributed by atoms with Crippen LogP contribution in [0.25, 0.3) is 0 Å². The van der Waals surface area contributed by atoms with Gasteiger partial charge in [0.25, 0.3) is 0 Å². The van der Waals surface area contributed by atoms with E-state index in [0.29, 0.717) is 38.4 Å². The molecular weight excluding hydrogens is 440 g/mol. The number of likely N-dealkylation sites (tertiary alicyclic amines) is 1. The molecule has 1 amide bonds. The highest BCUT2D eigenvalue weighted by atomic mass is 16.5. The molecule has 35 heavy (non-hydrogen) atoms. The summed E-state index contributed by atoms with van der Waals surface area (Å²) in [5.74, 6) is 1.33. The standard InChI is InChI=1S/C28H32N4O3/c1-30-17-14-29-28(30)27(34)23-11-7-15-32(19-23)26(33)13-16-31-18-22-10-5-6-12-24(22)35-25(20-31)21-8-3-2-4-9-21/h2-6,8-10,12,14,17,23,25H,7,11,13,15-16,18-20H2,1H3. The normalized spacial score (nSPS) is 20.5. The molecule has 2 atom stereocenters. The topological polar surface area (TPSA) is 67.7 Å². The Balaban J connectivity index is 1.23. The summed E-state index contributed by atoms with van der Waals surface area (Å²) in [6.45, 7) is 3.29. The van der Waals surface area contributed by atoms with Crippen LogP contribution in [0, 0.1) is 5.92 Å². The number of fused-ring (bicyclic) bond motifs is 1. The molecular formula is C28H32N4O3. The lowest BCUT2D eigenvalue weighted by Gasteiger charge is -2.32. The molecule has 2 aliphatic heterocycles. The number of piperidine rings is 1. The van der Waals surface area contributed by atoms with E-state index in [-0.39, 0.29) is 23.7 Å². The Kier molecular flexibility index (Phi) is 6.95. The van der Waals surface area contributed by atoms with Crippen molar-refractivity contribution in [2.45, 2.75) is 31.9 Å². The van der Waals surface area contributed by atoms with Gasteiger partial charge in [-0.1, -0.05) is 48.5 Å². The van der Waals surface area contributed by atoms with Crippen LogP contribution in [0.2, 0.25) is 0 Å². The van der Waals surface area contributed by atoms with Crippen LogP contribution in [-0.4, -0.2) is 57.2 Å². The van der Waals surface area contributed by atoms with Crippen LogP contribution in [0.3, 0.4) is 0 Å². The predicted octanol–water partition coefficient (Wildman–Crippen LogP) is 3.87. The van der Waals surface area contributed by atoms with E-state index in [9.17, 15) is 9.59 Å². The number of benzene rings is 2. The van der Waals surface area contributed by atoms with Crippen LogP contribution >= 0.6 is 0 Å². The molecule has 2 aromatic carbocycles. The number of carbonyl (C=O) groups is 2. The second-order valence-electron chi connectivity index (χ2n) is 9.51. The second kappa shape index (κ2) is 10.4. The fourth-order valence-corrected chi connectivity index (χ4v) is 5.11. The smallest absolute Gasteiger partial charge is 0.223 e. The molecule has 2 unspecified atom stereocenters. The summed E-state index contributed by atoms with van der Waals surface area (Å²) in [5.41, 5.74) is 2.27. The quantitative estimate of drug-likeness (QED) is 0.510. The number of nitrogens with zero attached hydrogens (tertiary/aromatic N) is 4. The fraction of sp³-hybridized carbons (Fsp3) is 0.393. The average molecular weight is 473 g/mol. The molecule has 0 aliphatic carbocycles. The van der Waals surface area contributed by atoms with Gasteiger partial charge < -0.3 is 14.2 Å². The number of hydrogen-bond donors (Lipinski definition) is 0. The zero-order valence-electron chi connectivity index (χ0n) is 20.2. The lowest BCUT2D eigenvalue weighted by Crippen LogP contribution is -2.43. The summed E-state index contributed by atoms with van der Waals surface area (Å²) in [5, 5.41) is 0. The first-order valence-electron chi connectivity index (χ1n) is 12.4. The molecule has 2 aliphatic rings. The van der Waals surface area contributed by atoms with Crippen LogP contribution in [0.4, 0.5) is 0 Å². The Bertz CT molecular complexity index is 1180. The van der Waals surface area contributed by atoms with Crippen LogP contribution in [0.15, 0.2) is 67.0 Å². The van der Waals surface area contributed by atoms with Crippen molar-refractivity contribution in [2.24, 2.45) is 13.0 Å². The minimum Gasteiger partial charge on any atom is -0.484 e. The summed E-state index contributed by atoms with van der Waals surface area (Å²) in [4.78, 5) is 34.5. The number of para-hydroxylation sites is 1. The first-order valence-corrected chi connectivity index (χ1v) is 12.4. The third kappa shape index (κ3) is 5.30. The van der Waals surface area contributed by atoms with E-state index < -0.39 is 0 Å². The second-order valence-corrected chi connectivity index (χ2v) is 9.51. The minimum atomic E-state index is -0.185. The number of aryl methyl sites for hydroxylation is 1. The number of ether oxygens (including phenoxy) is 1. The number of aromatic nitrogens is 2. The maximum Gasteiger partial charge on any atom is 0.223 e. The number of hydrogen-bond acceptors (Lipinski definition) is 5. The molecule has 0 radical (unpaired) electrons. The van der Waals surface area contributed by atoms with Gasteiger partial charge in [-0.2, -0.15) is 0 Å². The van der Waals surface area contributed by atoms with Crippen LogP contribution in [0.1, 0.15) is 47.1 Å². The highest BCUT2D eigenvalue weighted by Gasteiger charge is 2.31. The molecule has 3 heterocycles. The van der Waals surface area contributed by atoms with Crippen molar-refractivity contribution < 1.29 is 14.3 Å². The van der Waals surface area contributed by atoms with Crippen molar-refractivity contribution in [2.75, 3.05) is 26.2 Å². The van der Waals surface area contributed by atoms with Gasteiger partial charge in [-0.15, -0.1) is 0 Å². The van der Waals surface area contributed by atoms with Crippen molar-refractivity contribution >= 4 is 11.7 Å². The highest BCUT2D eigenvalue weighted by Crippen LogP contribution is 2.31. The number of Topliss-reactive ketones (excluding diaryl/α,β-unsaturated/α-hetero) is 1. The van der Waals surface area contributed by atoms with Gasteiger partial charge in [0.2, 0.25) is 11.7 Å². The lowest BCUT2D eigenvalue weighted by atomic mass is 9.93. The molecule has 0 N–H and O–H groups in total. The van der Waals surface area contributed by atoms with Gasteiger partial charge in [0.1, 0.15) is 11.9 Å². The Labute approximate surface area is 206 Å². The molecule has 0 saturated carbocycles. The lowest BCUT2D eigenvalue weighted by molar-refractivity contribution is -0.133. The summed E-state index contributed by atoms with van der Waals surface area (Å²) < 4.78 is 8.15. The van der Waals surface area contributed by atoms with Gasteiger partial charge in [0.15, 0.2) is 5.82 Å². The minimum absolute atomic E-state index is 0.0296. The zero-order valence-corrected chi connectivity index (χ0v) is 20.2. The third-order valence-corrected chi connectivity index (χ3v) is 7.06. The van der Waals surface area contributed by atoms with Gasteiger partial charge in [-0.3, -0.25) is 14.5 Å². The van der Waals surface area contributed by atoms with Gasteiger partial charge >= 0.3 is 0 Å². The predicted molar refractivity (Wildman–Crippen MR) is 133 cm³/mol. The molecule has 5 rings (SSSR count). The number of ketones is 1. The number of rotatable bonds is 6. The van der Waals surface area contributed by atoms with Crippen molar-refractivity contribution in [3.05, 3.63) is 83.9 Å². The summed E-state index contributed by atoms with van der Waals surface area (Å²) in [6.07, 6.45) is 5.40. The first kappa shape index (κ1) is 23.3. The zero-order chi connectivity index (χ0) is 24.2. The number of imidazole rings is 1. The highest BCUT2D eigenvalue weighted by molar-refractivity contribution is 5.95. The Morgan fingerprint density at radius 2 is 1.86 bits per heavy atom. The summed E-state index contributed by atoms with van der Waals surface area (Å²) >= 11 is 0. The monoisotopic (exact) mass is 472 g/mol. The van der Waals surface area contributed by atoms with Gasteiger partial charge in [-0.25, -0.2) is 4.98 Å². The SMILES string of the molecule is Cn1ccnc1C(=O)C1CCCN(C(=O)CCN2Cc3ccccc3OC(c3ccccc3)C2)C1. The molecule has 0 bridgehead atoms.